The minimum Gasteiger partial charge on any atom is -0.507 e. The van der Waals surface area contributed by atoms with E-state index in [-0.39, 0.29) is 11.5 Å². The number of phenolic OH excluding ortho intramolecular Hbond substituents is 1. The summed E-state index contributed by atoms with van der Waals surface area (Å²) in [4.78, 5) is 11.4. The first kappa shape index (κ1) is 11.5. The molecule has 0 spiro atoms. The normalized spacial score (nSPS) is 10.1. The molecule has 0 heterocycles. The van der Waals surface area contributed by atoms with Crippen molar-refractivity contribution >= 4 is 5.78 Å². The lowest BCUT2D eigenvalue weighted by Gasteiger charge is -2.10. The Labute approximate surface area is 88.1 Å². The van der Waals surface area contributed by atoms with E-state index in [0.717, 1.165) is 0 Å². The third-order valence-electron chi connectivity index (χ3n) is 2.22. The molecule has 0 radical (unpaired) electrons. The number of hydrogen-bond donors (Lipinski definition) is 2. The maximum absolute atomic E-state index is 11.4. The van der Waals surface area contributed by atoms with Gasteiger partial charge in [-0.3, -0.25) is 4.79 Å². The zero-order valence-electron chi connectivity index (χ0n) is 8.78. The minimum atomic E-state index is -0.457. The number of ketones is 1. The van der Waals surface area contributed by atoms with E-state index in [1.807, 2.05) is 0 Å². The maximum Gasteiger partial charge on any atom is 0.186 e. The Morgan fingerprint density at radius 1 is 1.47 bits per heavy atom. The first-order valence-electron chi connectivity index (χ1n) is 4.71. The van der Waals surface area contributed by atoms with Gasteiger partial charge in [0, 0.05) is 12.0 Å². The van der Waals surface area contributed by atoms with Crippen LogP contribution in [0.2, 0.25) is 0 Å². The number of carbonyl (C=O) groups is 1. The molecule has 15 heavy (non-hydrogen) atoms. The Morgan fingerprint density at radius 3 is 2.67 bits per heavy atom. The molecule has 82 valence electrons. The Bertz CT molecular complexity index is 371. The molecule has 4 nitrogen and oxygen atoms in total. The van der Waals surface area contributed by atoms with Gasteiger partial charge in [-0.05, 0) is 19.1 Å². The van der Waals surface area contributed by atoms with Crippen LogP contribution < -0.4 is 4.74 Å². The van der Waals surface area contributed by atoms with Crippen LogP contribution >= 0.6 is 0 Å². The van der Waals surface area contributed by atoms with Gasteiger partial charge in [0.1, 0.15) is 11.5 Å². The smallest absolute Gasteiger partial charge is 0.186 e. The number of aromatic hydroxyl groups is 1. The molecule has 0 fully saturated rings. The van der Waals surface area contributed by atoms with E-state index in [2.05, 4.69) is 0 Å². The fraction of sp³-hybridized carbons (Fsp3) is 0.364. The highest BCUT2D eigenvalue weighted by Crippen LogP contribution is 2.30. The van der Waals surface area contributed by atoms with Gasteiger partial charge in [0.05, 0.1) is 5.56 Å². The molecule has 0 aliphatic carbocycles. The quantitative estimate of drug-likeness (QED) is 0.585. The van der Waals surface area contributed by atoms with Gasteiger partial charge >= 0.3 is 0 Å². The number of phenols is 1. The second-order valence-corrected chi connectivity index (χ2v) is 3.14. The molecule has 0 saturated carbocycles. The van der Waals surface area contributed by atoms with Crippen molar-refractivity contribution in [3.63, 3.8) is 0 Å². The van der Waals surface area contributed by atoms with Crippen LogP contribution in [0.1, 0.15) is 29.3 Å². The zero-order valence-corrected chi connectivity index (χ0v) is 8.78. The summed E-state index contributed by atoms with van der Waals surface area (Å²) in [5, 5.41) is 18.3. The van der Waals surface area contributed by atoms with Crippen molar-refractivity contribution in [1.29, 1.82) is 0 Å². The highest BCUT2D eigenvalue weighted by atomic mass is 16.6. The first-order valence-corrected chi connectivity index (χ1v) is 4.71. The van der Waals surface area contributed by atoms with E-state index in [9.17, 15) is 9.90 Å². The van der Waals surface area contributed by atoms with Crippen LogP contribution in [0.25, 0.3) is 0 Å². The SMILES string of the molecule is CCC(=O)c1ccc(OCO)c(C)c1O. The van der Waals surface area contributed by atoms with Gasteiger partial charge in [-0.1, -0.05) is 6.92 Å². The van der Waals surface area contributed by atoms with Crippen molar-refractivity contribution in [2.24, 2.45) is 0 Å². The molecule has 4 heteroatoms. The zero-order chi connectivity index (χ0) is 11.4. The highest BCUT2D eigenvalue weighted by molar-refractivity contribution is 5.99. The molecule has 2 N–H and O–H groups in total. The summed E-state index contributed by atoms with van der Waals surface area (Å²) in [5.41, 5.74) is 0.753. The monoisotopic (exact) mass is 210 g/mol. The topological polar surface area (TPSA) is 66.8 Å². The number of hydrogen-bond acceptors (Lipinski definition) is 4. The van der Waals surface area contributed by atoms with Crippen LogP contribution in [-0.2, 0) is 0 Å². The maximum atomic E-state index is 11.4. The van der Waals surface area contributed by atoms with E-state index in [4.69, 9.17) is 9.84 Å². The number of aliphatic hydroxyl groups excluding tert-OH is 1. The Morgan fingerprint density at radius 2 is 2.13 bits per heavy atom. The largest absolute Gasteiger partial charge is 0.507 e. The summed E-state index contributed by atoms with van der Waals surface area (Å²) in [6.45, 7) is 2.91. The number of aliphatic hydroxyl groups is 1. The van der Waals surface area contributed by atoms with Crippen LogP contribution in [0, 0.1) is 6.92 Å². The van der Waals surface area contributed by atoms with Gasteiger partial charge in [-0.25, -0.2) is 0 Å². The van der Waals surface area contributed by atoms with Crippen molar-refractivity contribution in [1.82, 2.24) is 0 Å². The van der Waals surface area contributed by atoms with Crippen molar-refractivity contribution in [2.45, 2.75) is 20.3 Å². The minimum absolute atomic E-state index is 0.0761. The number of benzene rings is 1. The second-order valence-electron chi connectivity index (χ2n) is 3.14. The summed E-state index contributed by atoms with van der Waals surface area (Å²) in [7, 11) is 0. The molecule has 0 saturated heterocycles. The van der Waals surface area contributed by atoms with Crippen molar-refractivity contribution in [2.75, 3.05) is 6.79 Å². The van der Waals surface area contributed by atoms with Crippen LogP contribution in [0.3, 0.4) is 0 Å². The Kier molecular flexibility index (Phi) is 3.68. The average molecular weight is 210 g/mol. The van der Waals surface area contributed by atoms with E-state index in [1.54, 1.807) is 19.9 Å². The molecule has 0 aromatic heterocycles. The molecule has 0 atom stereocenters. The number of ether oxygens (including phenoxy) is 1. The predicted molar refractivity (Wildman–Crippen MR) is 55.2 cm³/mol. The third-order valence-corrected chi connectivity index (χ3v) is 2.22. The van der Waals surface area contributed by atoms with Crippen LogP contribution in [-0.4, -0.2) is 22.8 Å². The fourth-order valence-corrected chi connectivity index (χ4v) is 1.32. The summed E-state index contributed by atoms with van der Waals surface area (Å²) in [6.07, 6.45) is 0.340. The molecule has 0 unspecified atom stereocenters. The Hall–Kier alpha value is -1.55. The van der Waals surface area contributed by atoms with Crippen LogP contribution in [0.4, 0.5) is 0 Å². The van der Waals surface area contributed by atoms with Crippen molar-refractivity contribution in [3.05, 3.63) is 23.3 Å². The summed E-state index contributed by atoms with van der Waals surface area (Å²) < 4.78 is 4.87. The number of carbonyl (C=O) groups excluding carboxylic acids is 1. The first-order chi connectivity index (χ1) is 7.11. The molecular weight excluding hydrogens is 196 g/mol. The summed E-state index contributed by atoms with van der Waals surface area (Å²) in [5.74, 6) is 0.182. The summed E-state index contributed by atoms with van der Waals surface area (Å²) in [6, 6.07) is 3.06. The van der Waals surface area contributed by atoms with Crippen molar-refractivity contribution < 1.29 is 19.7 Å². The number of Topliss-reactive ketones (excluding diaryl/α,β-unsaturated/α-hetero) is 1. The van der Waals surface area contributed by atoms with Crippen molar-refractivity contribution in [3.8, 4) is 11.5 Å². The van der Waals surface area contributed by atoms with Gasteiger partial charge in [0.2, 0.25) is 0 Å². The molecule has 1 rings (SSSR count). The molecule has 0 bridgehead atoms. The van der Waals surface area contributed by atoms with Gasteiger partial charge in [0.25, 0.3) is 0 Å². The van der Waals surface area contributed by atoms with Crippen LogP contribution in [0.15, 0.2) is 12.1 Å². The number of rotatable bonds is 4. The van der Waals surface area contributed by atoms with Gasteiger partial charge in [0.15, 0.2) is 12.6 Å². The Balaban J connectivity index is 3.15. The molecular formula is C11H14O4. The molecule has 0 aliphatic rings. The lowest BCUT2D eigenvalue weighted by Crippen LogP contribution is -2.01. The lowest BCUT2D eigenvalue weighted by atomic mass is 10.0. The van der Waals surface area contributed by atoms with E-state index >= 15 is 0 Å². The predicted octanol–water partition coefficient (Wildman–Crippen LogP) is 1.62. The lowest BCUT2D eigenvalue weighted by molar-refractivity contribution is 0.0971. The van der Waals surface area contributed by atoms with Crippen LogP contribution in [0.5, 0.6) is 11.5 Å². The third kappa shape index (κ3) is 2.27. The summed E-state index contributed by atoms with van der Waals surface area (Å²) >= 11 is 0. The molecule has 1 aromatic carbocycles. The average Bonchev–Trinajstić information content (AvgIpc) is 2.24. The highest BCUT2D eigenvalue weighted by Gasteiger charge is 2.14. The fourth-order valence-electron chi connectivity index (χ4n) is 1.32. The standard InChI is InChI=1S/C11H14O4/c1-3-9(13)8-4-5-10(15-6-12)7(2)11(8)14/h4-5,12,14H,3,6H2,1-2H3. The molecule has 0 amide bonds. The van der Waals surface area contributed by atoms with Gasteiger partial charge in [-0.15, -0.1) is 0 Å². The molecule has 1 aromatic rings. The van der Waals surface area contributed by atoms with E-state index in [1.165, 1.54) is 6.07 Å². The van der Waals surface area contributed by atoms with Gasteiger partial charge in [-0.2, -0.15) is 0 Å². The molecule has 0 aliphatic heterocycles. The second kappa shape index (κ2) is 4.79. The van der Waals surface area contributed by atoms with E-state index in [0.29, 0.717) is 23.3 Å². The van der Waals surface area contributed by atoms with E-state index < -0.39 is 6.79 Å². The van der Waals surface area contributed by atoms with Gasteiger partial charge < -0.3 is 14.9 Å².